The molecule has 4 amide bonds. The van der Waals surface area contributed by atoms with E-state index in [1.165, 1.54) is 100 Å². The number of nitrogens with one attached hydrogen (secondary N) is 2. The van der Waals surface area contributed by atoms with Crippen LogP contribution in [0.4, 0.5) is 5.69 Å². The molecular formula is C67H64N4O18. The van der Waals surface area contributed by atoms with Gasteiger partial charge in [-0.15, -0.1) is 0 Å². The van der Waals surface area contributed by atoms with E-state index < -0.39 is 136 Å². The van der Waals surface area contributed by atoms with Gasteiger partial charge in [0.1, 0.15) is 30.0 Å². The maximum absolute atomic E-state index is 15.9. The van der Waals surface area contributed by atoms with Gasteiger partial charge >= 0.3 is 29.8 Å². The van der Waals surface area contributed by atoms with E-state index in [2.05, 4.69) is 15.8 Å². The molecule has 2 saturated carbocycles. The lowest BCUT2D eigenvalue weighted by molar-refractivity contribution is -0.346. The molecule has 1 saturated heterocycles. The number of ether oxygens (including phenoxy) is 6. The Morgan fingerprint density at radius 2 is 1.22 bits per heavy atom. The molecule has 22 heteroatoms. The smallest absolute Gasteiger partial charge is 0.350 e. The molecule has 0 unspecified atom stereocenters. The third kappa shape index (κ3) is 11.5. The van der Waals surface area contributed by atoms with Gasteiger partial charge in [0.05, 0.1) is 46.6 Å². The molecule has 4 N–H and O–H groups in total. The summed E-state index contributed by atoms with van der Waals surface area (Å²) in [5.74, 6) is -10.1. The van der Waals surface area contributed by atoms with E-state index >= 15 is 9.59 Å². The summed E-state index contributed by atoms with van der Waals surface area (Å²) in [6, 6.07) is 33.8. The van der Waals surface area contributed by atoms with Crippen molar-refractivity contribution in [3.8, 4) is 0 Å². The van der Waals surface area contributed by atoms with Crippen molar-refractivity contribution in [1.29, 1.82) is 0 Å². The van der Waals surface area contributed by atoms with E-state index in [9.17, 15) is 48.6 Å². The molecule has 0 radical (unpaired) electrons. The molecule has 3 fully saturated rings. The van der Waals surface area contributed by atoms with Gasteiger partial charge < -0.3 is 44.0 Å². The van der Waals surface area contributed by atoms with Crippen molar-refractivity contribution >= 4 is 70.7 Å². The zero-order valence-electron chi connectivity index (χ0n) is 49.5. The highest BCUT2D eigenvalue weighted by Crippen LogP contribution is 2.64. The Hall–Kier alpha value is -9.77. The minimum Gasteiger partial charge on any atom is -0.455 e. The standard InChI is InChI=1S/C67H64N4O18/c1-36-47(34-67(83)58(88-62(81)44-21-15-10-16-22-44)56-65(7,48(74)33-49-66(56,35-84-49)89-39(4)73)57(77)54(85-38(3)72)52(36)64(67,5)6)86-63(82)55(53(41-17-11-8-12-18-41)68-59(78)42-19-13-9-14-20-42)87-61(80)45-25-23-40(24-26-45)37(2)69-70-60(79)43-27-29-46(30-28-43)71-50(75)31-32-51(71)76/h8-32,47-49,53-56,58,74,83H,33-35H2,1-7H3,(H,68,78)(H,70,79)/b69-37+/t47-,48-,49+,53-,54+,55+,56-,58-,65+,66-,67+/m0/s1. The molecule has 22 nitrogen and oxygen atoms in total. The SMILES string of the molecule is CC(=O)O[C@H]1C(=O)[C@@]2(C)[C@H]([C@H](OC(=O)c3ccccc3)[C@]3(O)C[C@H](OC(=O)[C@H](OC(=O)c4ccc(/C(C)=N/NC(=O)c5ccc(N6C(=O)C=CC6=O)cc5)cc4)[C@@H](NC(=O)c4ccccc4)c4ccccc4)C(C)=C1C3(C)C)[C@]1(OC(C)=O)CO[C@@H]1C[C@@H]2O. The van der Waals surface area contributed by atoms with Crippen molar-refractivity contribution in [2.45, 2.75) is 115 Å². The second kappa shape index (κ2) is 24.4. The largest absolute Gasteiger partial charge is 0.455 e. The molecule has 10 rings (SSSR count). The van der Waals surface area contributed by atoms with Crippen LogP contribution in [0.3, 0.4) is 0 Å². The minimum atomic E-state index is -2.53. The van der Waals surface area contributed by atoms with Crippen molar-refractivity contribution in [3.63, 3.8) is 0 Å². The van der Waals surface area contributed by atoms with Gasteiger partial charge in [0, 0.05) is 55.4 Å². The number of rotatable bonds is 16. The molecule has 89 heavy (non-hydrogen) atoms. The molecule has 3 aliphatic carbocycles. The first-order valence-electron chi connectivity index (χ1n) is 28.6. The first kappa shape index (κ1) is 62.3. The normalized spacial score (nSPS) is 26.6. The second-order valence-electron chi connectivity index (χ2n) is 23.3. The average Bonchev–Trinajstić information content (AvgIpc) is 0.840. The molecule has 5 aliphatic rings. The number of anilines is 1. The number of carbonyl (C=O) groups excluding carboxylic acids is 10. The molecule has 0 spiro atoms. The topological polar surface area (TPSA) is 306 Å². The van der Waals surface area contributed by atoms with Crippen LogP contribution in [0.15, 0.2) is 168 Å². The number of hydrogen-bond donors (Lipinski definition) is 4. The predicted molar refractivity (Wildman–Crippen MR) is 315 cm³/mol. The molecule has 5 aromatic carbocycles. The Morgan fingerprint density at radius 1 is 0.674 bits per heavy atom. The first-order valence-corrected chi connectivity index (χ1v) is 28.6. The molecule has 11 atom stereocenters. The van der Waals surface area contributed by atoms with Crippen molar-refractivity contribution < 1.29 is 86.6 Å². The number of amides is 4. The summed E-state index contributed by atoms with van der Waals surface area (Å²) in [4.78, 5) is 140. The number of imide groups is 1. The number of ketones is 1. The summed E-state index contributed by atoms with van der Waals surface area (Å²) in [6.45, 7) is 9.31. The summed E-state index contributed by atoms with van der Waals surface area (Å²) >= 11 is 0. The van der Waals surface area contributed by atoms with Crippen LogP contribution in [0.2, 0.25) is 0 Å². The molecule has 2 bridgehead atoms. The Kier molecular flexibility index (Phi) is 17.1. The number of Topliss-reactive ketones (excluding diaryl/α,β-unsaturated/α-hetero) is 1. The fourth-order valence-electron chi connectivity index (χ4n) is 13.0. The highest BCUT2D eigenvalue weighted by Gasteiger charge is 2.78. The number of hydrazone groups is 1. The van der Waals surface area contributed by atoms with Crippen LogP contribution < -0.4 is 15.6 Å². The lowest BCUT2D eigenvalue weighted by Gasteiger charge is -2.67. The van der Waals surface area contributed by atoms with Gasteiger partial charge in [0.2, 0.25) is 6.10 Å². The quantitative estimate of drug-likeness (QED) is 0.0214. The third-order valence-electron chi connectivity index (χ3n) is 17.8. The highest BCUT2D eigenvalue weighted by atomic mass is 16.6. The molecule has 2 heterocycles. The van der Waals surface area contributed by atoms with E-state index in [1.807, 2.05) is 0 Å². The van der Waals surface area contributed by atoms with Gasteiger partial charge in [-0.1, -0.05) is 92.7 Å². The van der Waals surface area contributed by atoms with Gasteiger partial charge in [-0.25, -0.2) is 24.7 Å². The Morgan fingerprint density at radius 3 is 1.80 bits per heavy atom. The molecule has 2 aliphatic heterocycles. The average molecular weight is 1210 g/mol. The van der Waals surface area contributed by atoms with Crippen LogP contribution in [0.25, 0.3) is 0 Å². The molecule has 0 aromatic heterocycles. The number of hydrogen-bond acceptors (Lipinski definition) is 19. The molecule has 5 aromatic rings. The van der Waals surface area contributed by atoms with Gasteiger partial charge in [0.15, 0.2) is 17.5 Å². The summed E-state index contributed by atoms with van der Waals surface area (Å²) in [5, 5.41) is 33.5. The summed E-state index contributed by atoms with van der Waals surface area (Å²) < 4.78 is 37.3. The van der Waals surface area contributed by atoms with E-state index in [0.29, 0.717) is 11.3 Å². The maximum atomic E-state index is 15.9. The van der Waals surface area contributed by atoms with E-state index in [4.69, 9.17) is 28.4 Å². The minimum absolute atomic E-state index is 0.0134. The number of esters is 5. The Bertz CT molecular complexity index is 3760. The Labute approximate surface area is 510 Å². The number of fused-ring (bicyclic) bond motifs is 5. The van der Waals surface area contributed by atoms with E-state index in [-0.39, 0.29) is 57.7 Å². The predicted octanol–water partition coefficient (Wildman–Crippen LogP) is 6.18. The van der Waals surface area contributed by atoms with Crippen LogP contribution >= 0.6 is 0 Å². The number of benzene rings is 5. The third-order valence-corrected chi connectivity index (χ3v) is 17.8. The van der Waals surface area contributed by atoms with Crippen molar-refractivity contribution in [2.75, 3.05) is 11.5 Å². The van der Waals surface area contributed by atoms with E-state index in [0.717, 1.165) is 30.9 Å². The molecule has 460 valence electrons. The van der Waals surface area contributed by atoms with Crippen molar-refractivity contribution in [1.82, 2.24) is 10.7 Å². The monoisotopic (exact) mass is 1210 g/mol. The zero-order chi connectivity index (χ0) is 63.9. The summed E-state index contributed by atoms with van der Waals surface area (Å²) in [7, 11) is 0. The maximum Gasteiger partial charge on any atom is 0.350 e. The van der Waals surface area contributed by atoms with Crippen LogP contribution in [0.5, 0.6) is 0 Å². The number of nitrogens with zero attached hydrogens (tertiary/aromatic N) is 2. The van der Waals surface area contributed by atoms with Gasteiger partial charge in [-0.3, -0.25) is 33.6 Å². The zero-order valence-corrected chi connectivity index (χ0v) is 49.5. The fourth-order valence-corrected chi connectivity index (χ4v) is 13.0. The molecular weight excluding hydrogens is 1150 g/mol. The van der Waals surface area contributed by atoms with Gasteiger partial charge in [-0.05, 0) is 104 Å². The van der Waals surface area contributed by atoms with Crippen molar-refractivity contribution in [3.05, 3.63) is 196 Å². The van der Waals surface area contributed by atoms with Crippen molar-refractivity contribution in [2.24, 2.45) is 21.8 Å². The lowest BCUT2D eigenvalue weighted by atomic mass is 9.44. The van der Waals surface area contributed by atoms with E-state index in [1.54, 1.807) is 73.7 Å². The fraction of sp³-hybridized carbons (Fsp3) is 0.328. The lowest BCUT2D eigenvalue weighted by Crippen LogP contribution is -2.82. The van der Waals surface area contributed by atoms with Crippen LogP contribution in [0, 0.1) is 16.7 Å². The number of carbonyl (C=O) groups is 10. The summed E-state index contributed by atoms with van der Waals surface area (Å²) in [6.07, 6.45) is -9.01. The Balaban J connectivity index is 1.03. The van der Waals surface area contributed by atoms with Gasteiger partial charge in [0.25, 0.3) is 23.6 Å². The number of aliphatic hydroxyl groups is 2. The van der Waals surface area contributed by atoms with Crippen LogP contribution in [-0.2, 0) is 57.2 Å². The summed E-state index contributed by atoms with van der Waals surface area (Å²) in [5.41, 5.74) is -4.39. The second-order valence-corrected chi connectivity index (χ2v) is 23.3. The van der Waals surface area contributed by atoms with Crippen LogP contribution in [0.1, 0.15) is 120 Å². The van der Waals surface area contributed by atoms with Gasteiger partial charge in [-0.2, -0.15) is 5.10 Å². The highest BCUT2D eigenvalue weighted by molar-refractivity contribution is 6.28. The van der Waals surface area contributed by atoms with Crippen LogP contribution in [-0.4, -0.2) is 130 Å². The first-order chi connectivity index (χ1) is 42.3. The number of aliphatic hydroxyl groups excluding tert-OH is 1.